The number of para-hydroxylation sites is 1. The first kappa shape index (κ1) is 24.0. The molecular formula is C25H23ClN2O5S2. The normalized spacial score (nSPS) is 16.3. The van der Waals surface area contributed by atoms with Crippen LogP contribution in [0, 0.1) is 0 Å². The number of aryl methyl sites for hydroxylation is 1. The number of thiophene rings is 1. The summed E-state index contributed by atoms with van der Waals surface area (Å²) < 4.78 is 28.7. The van der Waals surface area contributed by atoms with E-state index in [2.05, 4.69) is 0 Å². The second-order valence-corrected chi connectivity index (χ2v) is 12.3. The summed E-state index contributed by atoms with van der Waals surface area (Å²) >= 11 is 7.62. The highest BCUT2D eigenvalue weighted by Gasteiger charge is 2.40. The molecule has 0 aliphatic carbocycles. The number of amides is 2. The molecule has 0 atom stereocenters. The Balaban J connectivity index is 1.59. The molecule has 0 bridgehead atoms. The smallest absolute Gasteiger partial charge is 0.266 e. The topological polar surface area (TPSA) is 95.0 Å². The minimum Gasteiger partial charge on any atom is -0.385 e. The fourth-order valence-corrected chi connectivity index (χ4v) is 7.47. The van der Waals surface area contributed by atoms with E-state index in [1.807, 2.05) is 12.1 Å². The predicted octanol–water partition coefficient (Wildman–Crippen LogP) is 4.50. The van der Waals surface area contributed by atoms with Gasteiger partial charge in [-0.05, 0) is 67.5 Å². The van der Waals surface area contributed by atoms with Gasteiger partial charge in [-0.2, -0.15) is 0 Å². The molecule has 2 aliphatic rings. The first-order valence-electron chi connectivity index (χ1n) is 11.1. The fraction of sp³-hybridized carbons (Fsp3) is 0.280. The van der Waals surface area contributed by atoms with E-state index in [0.717, 1.165) is 16.9 Å². The maximum absolute atomic E-state index is 13.7. The van der Waals surface area contributed by atoms with Gasteiger partial charge in [-0.3, -0.25) is 13.9 Å². The van der Waals surface area contributed by atoms with Gasteiger partial charge in [-0.15, -0.1) is 11.3 Å². The molecule has 35 heavy (non-hydrogen) atoms. The van der Waals surface area contributed by atoms with Crippen LogP contribution < -0.4 is 9.21 Å². The van der Waals surface area contributed by atoms with Crippen LogP contribution >= 0.6 is 22.9 Å². The zero-order valence-corrected chi connectivity index (χ0v) is 21.5. The third-order valence-electron chi connectivity index (χ3n) is 6.25. The first-order chi connectivity index (χ1) is 16.5. The summed E-state index contributed by atoms with van der Waals surface area (Å²) in [5.41, 5.74) is 1.10. The Labute approximate surface area is 212 Å². The summed E-state index contributed by atoms with van der Waals surface area (Å²) in [6.07, 6.45) is 1.41. The Hall–Kier alpha value is -2.72. The number of benzene rings is 2. The zero-order valence-electron chi connectivity index (χ0n) is 19.1. The minimum absolute atomic E-state index is 0.00609. The molecule has 182 valence electrons. The Morgan fingerprint density at radius 2 is 1.80 bits per heavy atom. The Kier molecular flexibility index (Phi) is 5.79. The lowest BCUT2D eigenvalue weighted by Gasteiger charge is -2.31. The van der Waals surface area contributed by atoms with Crippen molar-refractivity contribution in [3.63, 3.8) is 0 Å². The van der Waals surface area contributed by atoms with E-state index < -0.39 is 27.4 Å². The molecule has 5 rings (SSSR count). The molecule has 1 N–H and O–H groups in total. The van der Waals surface area contributed by atoms with E-state index in [1.165, 1.54) is 33.8 Å². The summed E-state index contributed by atoms with van der Waals surface area (Å²) in [7, 11) is -3.98. The van der Waals surface area contributed by atoms with E-state index >= 15 is 0 Å². The predicted molar refractivity (Wildman–Crippen MR) is 136 cm³/mol. The zero-order chi connectivity index (χ0) is 25.1. The van der Waals surface area contributed by atoms with Crippen LogP contribution in [0.5, 0.6) is 0 Å². The van der Waals surface area contributed by atoms with E-state index in [9.17, 15) is 23.1 Å². The monoisotopic (exact) mass is 530 g/mol. The highest BCUT2D eigenvalue weighted by molar-refractivity contribution is 7.92. The largest absolute Gasteiger partial charge is 0.385 e. The SMILES string of the molecule is CC(C)(O)c1scc2c1C(=O)N(c1cc(S(=O)(=O)N3CCCc4ccccc43)ccc1Cl)C(=O)C2. The Morgan fingerprint density at radius 3 is 2.54 bits per heavy atom. The van der Waals surface area contributed by atoms with E-state index in [4.69, 9.17) is 11.6 Å². The van der Waals surface area contributed by atoms with Crippen molar-refractivity contribution in [3.05, 3.63) is 74.4 Å². The summed E-state index contributed by atoms with van der Waals surface area (Å²) in [4.78, 5) is 27.9. The highest BCUT2D eigenvalue weighted by Crippen LogP contribution is 2.40. The Bertz CT molecular complexity index is 1470. The van der Waals surface area contributed by atoms with Crippen molar-refractivity contribution in [2.75, 3.05) is 15.7 Å². The van der Waals surface area contributed by atoms with Crippen LogP contribution in [0.4, 0.5) is 11.4 Å². The lowest BCUT2D eigenvalue weighted by atomic mass is 9.95. The third kappa shape index (κ3) is 3.96. The van der Waals surface area contributed by atoms with Crippen molar-refractivity contribution in [2.24, 2.45) is 0 Å². The van der Waals surface area contributed by atoms with Gasteiger partial charge in [0, 0.05) is 11.4 Å². The number of anilines is 2. The quantitative estimate of drug-likeness (QED) is 0.501. The molecule has 7 nitrogen and oxygen atoms in total. The summed E-state index contributed by atoms with van der Waals surface area (Å²) in [6.45, 7) is 3.47. The van der Waals surface area contributed by atoms with Crippen LogP contribution in [0.15, 0.2) is 52.7 Å². The van der Waals surface area contributed by atoms with Gasteiger partial charge < -0.3 is 5.11 Å². The van der Waals surface area contributed by atoms with Crippen LogP contribution in [0.3, 0.4) is 0 Å². The van der Waals surface area contributed by atoms with Gasteiger partial charge >= 0.3 is 0 Å². The minimum atomic E-state index is -3.98. The second-order valence-electron chi connectivity index (χ2n) is 9.16. The van der Waals surface area contributed by atoms with Crippen LogP contribution in [0.25, 0.3) is 0 Å². The number of sulfonamides is 1. The van der Waals surface area contributed by atoms with Gasteiger partial charge in [-0.1, -0.05) is 29.8 Å². The summed E-state index contributed by atoms with van der Waals surface area (Å²) in [6, 6.07) is 11.4. The van der Waals surface area contributed by atoms with Crippen LogP contribution in [0.1, 0.15) is 46.6 Å². The van der Waals surface area contributed by atoms with E-state index in [0.29, 0.717) is 29.1 Å². The second kappa shape index (κ2) is 8.44. The van der Waals surface area contributed by atoms with E-state index in [-0.39, 0.29) is 27.6 Å². The molecule has 3 heterocycles. The maximum atomic E-state index is 13.7. The number of nitrogens with zero attached hydrogens (tertiary/aromatic N) is 2. The number of imide groups is 1. The van der Waals surface area contributed by atoms with Gasteiger partial charge in [0.25, 0.3) is 15.9 Å². The average molecular weight is 531 g/mol. The fourth-order valence-electron chi connectivity index (χ4n) is 4.62. The molecule has 0 saturated carbocycles. The van der Waals surface area contributed by atoms with Gasteiger partial charge in [0.05, 0.1) is 38.9 Å². The van der Waals surface area contributed by atoms with Gasteiger partial charge in [0.2, 0.25) is 5.91 Å². The summed E-state index contributed by atoms with van der Waals surface area (Å²) in [5, 5.41) is 12.3. The van der Waals surface area contributed by atoms with Crippen molar-refractivity contribution in [3.8, 4) is 0 Å². The van der Waals surface area contributed by atoms with Crippen LogP contribution in [-0.2, 0) is 33.3 Å². The standard InChI is InChI=1S/C25H23ClN2O5S2/c1-25(2,31)23-22-16(14-34-23)12-21(29)28(24(22)30)20-13-17(9-10-18(20)26)35(32,33)27-11-5-7-15-6-3-4-8-19(15)27/h3-4,6,8-10,13-14,31H,5,7,11-12H2,1-2H3. The molecule has 0 fully saturated rings. The van der Waals surface area contributed by atoms with Crippen molar-refractivity contribution in [1.29, 1.82) is 0 Å². The number of hydrogen-bond acceptors (Lipinski definition) is 6. The van der Waals surface area contributed by atoms with Gasteiger partial charge in [-0.25, -0.2) is 13.3 Å². The molecule has 0 unspecified atom stereocenters. The lowest BCUT2D eigenvalue weighted by Crippen LogP contribution is -2.43. The number of halogens is 1. The van der Waals surface area contributed by atoms with Crippen molar-refractivity contribution >= 4 is 56.2 Å². The van der Waals surface area contributed by atoms with Gasteiger partial charge in [0.15, 0.2) is 0 Å². The van der Waals surface area contributed by atoms with Gasteiger partial charge in [0.1, 0.15) is 0 Å². The third-order valence-corrected chi connectivity index (χ3v) is 9.72. The highest BCUT2D eigenvalue weighted by atomic mass is 35.5. The molecule has 2 amide bonds. The number of aliphatic hydroxyl groups is 1. The number of rotatable bonds is 4. The molecule has 10 heteroatoms. The number of carbonyl (C=O) groups is 2. The summed E-state index contributed by atoms with van der Waals surface area (Å²) in [5.74, 6) is -1.14. The van der Waals surface area contributed by atoms with Crippen molar-refractivity contribution in [1.82, 2.24) is 0 Å². The molecule has 2 aliphatic heterocycles. The number of carbonyl (C=O) groups excluding carboxylic acids is 2. The number of fused-ring (bicyclic) bond motifs is 2. The van der Waals surface area contributed by atoms with Crippen LogP contribution in [0.2, 0.25) is 5.02 Å². The maximum Gasteiger partial charge on any atom is 0.266 e. The Morgan fingerprint density at radius 1 is 1.06 bits per heavy atom. The van der Waals surface area contributed by atoms with Crippen molar-refractivity contribution < 1.29 is 23.1 Å². The molecule has 0 spiro atoms. The van der Waals surface area contributed by atoms with Crippen LogP contribution in [-0.4, -0.2) is 31.9 Å². The molecule has 1 aromatic heterocycles. The molecule has 0 radical (unpaired) electrons. The first-order valence-corrected chi connectivity index (χ1v) is 13.8. The molecular weight excluding hydrogens is 508 g/mol. The number of hydrogen-bond donors (Lipinski definition) is 1. The molecule has 0 saturated heterocycles. The lowest BCUT2D eigenvalue weighted by molar-refractivity contribution is -0.117. The average Bonchev–Trinajstić information content (AvgIpc) is 3.24. The van der Waals surface area contributed by atoms with Crippen molar-refractivity contribution in [2.45, 2.75) is 43.6 Å². The van der Waals surface area contributed by atoms with E-state index in [1.54, 1.807) is 31.4 Å². The molecule has 3 aromatic rings. The molecule has 2 aromatic carbocycles.